The first-order valence-electron chi connectivity index (χ1n) is 8.83. The Balaban J connectivity index is 1.65. The van der Waals surface area contributed by atoms with Crippen molar-refractivity contribution in [1.29, 1.82) is 5.26 Å². The van der Waals surface area contributed by atoms with Gasteiger partial charge in [0.05, 0.1) is 23.7 Å². The van der Waals surface area contributed by atoms with Crippen LogP contribution in [0, 0.1) is 11.3 Å². The smallest absolute Gasteiger partial charge is 0.142 e. The summed E-state index contributed by atoms with van der Waals surface area (Å²) < 4.78 is 11.6. The number of ether oxygens (including phenoxy) is 2. The van der Waals surface area contributed by atoms with Crippen molar-refractivity contribution in [2.75, 3.05) is 33.4 Å². The minimum Gasteiger partial charge on any atom is -0.488 e. The lowest BCUT2D eigenvalue weighted by Crippen LogP contribution is -2.42. The molecule has 1 saturated heterocycles. The average Bonchev–Trinajstić information content (AvgIpc) is 3.05. The Morgan fingerprint density at radius 3 is 3.19 bits per heavy atom. The maximum Gasteiger partial charge on any atom is 0.142 e. The third-order valence-electron chi connectivity index (χ3n) is 4.82. The monoisotopic (exact) mass is 351 g/mol. The van der Waals surface area contributed by atoms with E-state index in [2.05, 4.69) is 25.9 Å². The van der Waals surface area contributed by atoms with Gasteiger partial charge in [0.2, 0.25) is 0 Å². The van der Waals surface area contributed by atoms with Gasteiger partial charge in [-0.25, -0.2) is 9.97 Å². The van der Waals surface area contributed by atoms with E-state index < -0.39 is 0 Å². The predicted octanol–water partition coefficient (Wildman–Crippen LogP) is 2.47. The molecule has 0 bridgehead atoms. The highest BCUT2D eigenvalue weighted by Crippen LogP contribution is 2.33. The summed E-state index contributed by atoms with van der Waals surface area (Å²) >= 11 is 0. The molecule has 0 spiro atoms. The van der Waals surface area contributed by atoms with Gasteiger partial charge in [-0.1, -0.05) is 0 Å². The molecule has 0 amide bonds. The zero-order valence-electron chi connectivity index (χ0n) is 14.7. The molecule has 1 atom stereocenters. The summed E-state index contributed by atoms with van der Waals surface area (Å²) in [5.41, 5.74) is 1.99. The molecular formula is C19H21N5O2. The molecule has 1 fully saturated rings. The van der Waals surface area contributed by atoms with Crippen LogP contribution in [0.5, 0.6) is 5.75 Å². The summed E-state index contributed by atoms with van der Waals surface area (Å²) in [6, 6.07) is 5.78. The van der Waals surface area contributed by atoms with Crippen molar-refractivity contribution in [2.24, 2.45) is 0 Å². The van der Waals surface area contributed by atoms with Crippen LogP contribution in [0.2, 0.25) is 0 Å². The minimum atomic E-state index is 0.133. The SMILES string of the molecule is COCCN1CCC[C@@H](Oc2ccnc3[nH]c4cnc(C#N)cc4c23)C1. The van der Waals surface area contributed by atoms with Gasteiger partial charge < -0.3 is 14.5 Å². The number of fused-ring (bicyclic) bond motifs is 3. The van der Waals surface area contributed by atoms with Gasteiger partial charge in [0.1, 0.15) is 29.3 Å². The molecule has 3 aromatic rings. The third kappa shape index (κ3) is 3.21. The van der Waals surface area contributed by atoms with Crippen LogP contribution in [-0.4, -0.2) is 59.3 Å². The van der Waals surface area contributed by atoms with E-state index in [0.29, 0.717) is 5.69 Å². The van der Waals surface area contributed by atoms with Crippen molar-refractivity contribution in [1.82, 2.24) is 19.9 Å². The predicted molar refractivity (Wildman–Crippen MR) is 98.1 cm³/mol. The van der Waals surface area contributed by atoms with Crippen LogP contribution in [0.3, 0.4) is 0 Å². The number of methoxy groups -OCH3 is 1. The fraction of sp³-hybridized carbons (Fsp3) is 0.421. The molecule has 3 aromatic heterocycles. The van der Waals surface area contributed by atoms with Crippen LogP contribution in [-0.2, 0) is 4.74 Å². The van der Waals surface area contributed by atoms with Gasteiger partial charge in [0, 0.05) is 31.8 Å². The van der Waals surface area contributed by atoms with E-state index in [-0.39, 0.29) is 6.10 Å². The summed E-state index contributed by atoms with van der Waals surface area (Å²) in [4.78, 5) is 14.2. The number of nitrogens with one attached hydrogen (secondary N) is 1. The second kappa shape index (κ2) is 7.28. The van der Waals surface area contributed by atoms with E-state index in [1.165, 1.54) is 0 Å². The zero-order chi connectivity index (χ0) is 17.9. The van der Waals surface area contributed by atoms with Crippen LogP contribution in [0.25, 0.3) is 21.9 Å². The Morgan fingerprint density at radius 1 is 1.42 bits per heavy atom. The van der Waals surface area contributed by atoms with Crippen molar-refractivity contribution in [2.45, 2.75) is 18.9 Å². The Hall–Kier alpha value is -2.69. The highest BCUT2D eigenvalue weighted by molar-refractivity contribution is 6.09. The maximum absolute atomic E-state index is 9.15. The number of nitrogens with zero attached hydrogens (tertiary/aromatic N) is 4. The number of rotatable bonds is 5. The van der Waals surface area contributed by atoms with Crippen molar-refractivity contribution < 1.29 is 9.47 Å². The summed E-state index contributed by atoms with van der Waals surface area (Å²) in [6.45, 7) is 3.63. The Kier molecular flexibility index (Phi) is 4.69. The van der Waals surface area contributed by atoms with Gasteiger partial charge in [-0.2, -0.15) is 5.26 Å². The number of pyridine rings is 2. The summed E-state index contributed by atoms with van der Waals surface area (Å²) in [5, 5.41) is 11.0. The number of H-pyrrole nitrogens is 1. The van der Waals surface area contributed by atoms with Gasteiger partial charge in [0.25, 0.3) is 0 Å². The zero-order valence-corrected chi connectivity index (χ0v) is 14.7. The molecule has 4 rings (SSSR count). The van der Waals surface area contributed by atoms with Crippen LogP contribution < -0.4 is 4.74 Å². The topological polar surface area (TPSA) is 87.1 Å². The normalized spacial score (nSPS) is 18.2. The first-order chi connectivity index (χ1) is 12.8. The summed E-state index contributed by atoms with van der Waals surface area (Å²) in [7, 11) is 1.73. The minimum absolute atomic E-state index is 0.133. The molecule has 1 N–H and O–H groups in total. The molecule has 4 heterocycles. The number of hydrogen-bond donors (Lipinski definition) is 1. The third-order valence-corrected chi connectivity index (χ3v) is 4.82. The number of piperidine rings is 1. The molecule has 1 aliphatic heterocycles. The molecule has 1 aliphatic rings. The van der Waals surface area contributed by atoms with E-state index in [9.17, 15) is 0 Å². The van der Waals surface area contributed by atoms with E-state index in [1.807, 2.05) is 6.07 Å². The summed E-state index contributed by atoms with van der Waals surface area (Å²) in [5.74, 6) is 0.801. The average molecular weight is 351 g/mol. The maximum atomic E-state index is 9.15. The molecule has 0 saturated carbocycles. The van der Waals surface area contributed by atoms with Gasteiger partial charge in [-0.3, -0.25) is 4.90 Å². The quantitative estimate of drug-likeness (QED) is 0.760. The van der Waals surface area contributed by atoms with Crippen molar-refractivity contribution >= 4 is 21.9 Å². The second-order valence-electron chi connectivity index (χ2n) is 6.56. The highest BCUT2D eigenvalue weighted by Gasteiger charge is 2.22. The number of likely N-dealkylation sites (tertiary alicyclic amines) is 1. The van der Waals surface area contributed by atoms with Gasteiger partial charge in [0.15, 0.2) is 0 Å². The first kappa shape index (κ1) is 16.8. The van der Waals surface area contributed by atoms with E-state index in [4.69, 9.17) is 14.7 Å². The van der Waals surface area contributed by atoms with E-state index in [0.717, 1.165) is 66.8 Å². The first-order valence-corrected chi connectivity index (χ1v) is 8.83. The molecule has 0 radical (unpaired) electrons. The van der Waals surface area contributed by atoms with E-state index >= 15 is 0 Å². The molecule has 26 heavy (non-hydrogen) atoms. The Morgan fingerprint density at radius 2 is 2.35 bits per heavy atom. The largest absolute Gasteiger partial charge is 0.488 e. The number of aromatic amines is 1. The van der Waals surface area contributed by atoms with Crippen molar-refractivity contribution in [3.05, 3.63) is 30.2 Å². The highest BCUT2D eigenvalue weighted by atomic mass is 16.5. The molecule has 7 nitrogen and oxygen atoms in total. The van der Waals surface area contributed by atoms with Crippen molar-refractivity contribution in [3.8, 4) is 11.8 Å². The van der Waals surface area contributed by atoms with Crippen LogP contribution in [0.4, 0.5) is 0 Å². The van der Waals surface area contributed by atoms with Gasteiger partial charge in [-0.05, 0) is 31.5 Å². The molecule has 0 aliphatic carbocycles. The van der Waals surface area contributed by atoms with Crippen molar-refractivity contribution in [3.63, 3.8) is 0 Å². The number of nitriles is 1. The lowest BCUT2D eigenvalue weighted by atomic mass is 10.1. The second-order valence-corrected chi connectivity index (χ2v) is 6.56. The van der Waals surface area contributed by atoms with Gasteiger partial charge >= 0.3 is 0 Å². The van der Waals surface area contributed by atoms with Crippen LogP contribution in [0.15, 0.2) is 24.5 Å². The fourth-order valence-electron chi connectivity index (χ4n) is 3.56. The molecule has 0 aromatic carbocycles. The van der Waals surface area contributed by atoms with Gasteiger partial charge in [-0.15, -0.1) is 0 Å². The molecular weight excluding hydrogens is 330 g/mol. The molecule has 7 heteroatoms. The molecule has 0 unspecified atom stereocenters. The number of aromatic nitrogens is 3. The number of hydrogen-bond acceptors (Lipinski definition) is 6. The van der Waals surface area contributed by atoms with Crippen LogP contribution in [0.1, 0.15) is 18.5 Å². The lowest BCUT2D eigenvalue weighted by Gasteiger charge is -2.32. The lowest BCUT2D eigenvalue weighted by molar-refractivity contribution is 0.0691. The fourth-order valence-corrected chi connectivity index (χ4v) is 3.56. The Bertz CT molecular complexity index is 962. The standard InChI is InChI=1S/C19H21N5O2/c1-25-8-7-24-6-2-3-14(12-24)26-17-4-5-21-19-18(17)15-9-13(10-20)22-11-16(15)23-19/h4-5,9,11,14H,2-3,6-8,12H2,1H3,(H,21,23)/t14-/m1/s1. The molecule has 134 valence electrons. The summed E-state index contributed by atoms with van der Waals surface area (Å²) in [6.07, 6.45) is 5.69. The Labute approximate surface area is 151 Å². The van der Waals surface area contributed by atoms with E-state index in [1.54, 1.807) is 25.6 Å². The van der Waals surface area contributed by atoms with Crippen LogP contribution >= 0.6 is 0 Å².